The summed E-state index contributed by atoms with van der Waals surface area (Å²) in [7, 11) is 0. The molecule has 6 nitrogen and oxygen atoms in total. The third-order valence-corrected chi connectivity index (χ3v) is 7.00. The van der Waals surface area contributed by atoms with E-state index in [1.165, 1.54) is 0 Å². The van der Waals surface area contributed by atoms with Crippen LogP contribution in [0, 0.1) is 11.8 Å². The van der Waals surface area contributed by atoms with E-state index in [1.54, 1.807) is 11.3 Å². The molecule has 7 heteroatoms. The molecule has 3 heterocycles. The van der Waals surface area contributed by atoms with Gasteiger partial charge in [-0.05, 0) is 45.1 Å². The second-order valence-corrected chi connectivity index (χ2v) is 9.11. The molecule has 27 heavy (non-hydrogen) atoms. The fourth-order valence-electron chi connectivity index (χ4n) is 4.41. The number of carbonyl (C=O) groups excluding carboxylic acids is 2. The molecule has 0 bridgehead atoms. The molecule has 0 radical (unpaired) electrons. The maximum atomic E-state index is 12.6. The number of thiazole rings is 1. The highest BCUT2D eigenvalue weighted by atomic mass is 32.1. The van der Waals surface area contributed by atoms with Crippen molar-refractivity contribution in [1.29, 1.82) is 0 Å². The van der Waals surface area contributed by atoms with Gasteiger partial charge in [0.15, 0.2) is 0 Å². The van der Waals surface area contributed by atoms with Crippen LogP contribution in [-0.4, -0.2) is 65.4 Å². The lowest BCUT2D eigenvalue weighted by Gasteiger charge is -2.42. The maximum Gasteiger partial charge on any atom is 0.225 e. The molecule has 148 valence electrons. The van der Waals surface area contributed by atoms with Gasteiger partial charge in [-0.25, -0.2) is 4.98 Å². The molecule has 1 atom stereocenters. The van der Waals surface area contributed by atoms with Crippen molar-refractivity contribution < 1.29 is 9.59 Å². The molecule has 3 fully saturated rings. The van der Waals surface area contributed by atoms with Gasteiger partial charge >= 0.3 is 0 Å². The van der Waals surface area contributed by atoms with Crippen LogP contribution in [0.4, 0.5) is 0 Å². The minimum Gasteiger partial charge on any atom is -0.355 e. The molecular weight excluding hydrogens is 360 g/mol. The van der Waals surface area contributed by atoms with E-state index in [-0.39, 0.29) is 11.8 Å². The summed E-state index contributed by atoms with van der Waals surface area (Å²) in [6.45, 7) is 4.40. The van der Waals surface area contributed by atoms with E-state index in [2.05, 4.69) is 20.1 Å². The maximum absolute atomic E-state index is 12.6. The molecule has 1 saturated carbocycles. The molecule has 3 aliphatic rings. The Morgan fingerprint density at radius 2 is 1.93 bits per heavy atom. The van der Waals surface area contributed by atoms with Gasteiger partial charge < -0.3 is 10.2 Å². The summed E-state index contributed by atoms with van der Waals surface area (Å²) in [6, 6.07) is 0.527. The van der Waals surface area contributed by atoms with E-state index in [1.807, 2.05) is 11.6 Å². The number of likely N-dealkylation sites (tertiary alicyclic amines) is 2. The number of rotatable bonds is 6. The molecule has 1 aromatic heterocycles. The summed E-state index contributed by atoms with van der Waals surface area (Å²) in [5.74, 6) is 0.998. The molecule has 4 rings (SSSR count). The number of hydrogen-bond donors (Lipinski definition) is 1. The molecule has 0 spiro atoms. The summed E-state index contributed by atoms with van der Waals surface area (Å²) in [5.41, 5.74) is 0. The van der Waals surface area contributed by atoms with Crippen molar-refractivity contribution in [2.24, 2.45) is 11.8 Å². The molecular formula is C20H30N4O2S. The lowest BCUT2D eigenvalue weighted by atomic mass is 9.93. The second-order valence-electron chi connectivity index (χ2n) is 8.13. The van der Waals surface area contributed by atoms with E-state index in [4.69, 9.17) is 0 Å². The molecule has 2 saturated heterocycles. The normalized spacial score (nSPS) is 24.7. The highest BCUT2D eigenvalue weighted by Gasteiger charge is 2.37. The standard InChI is InChI=1S/C20H30N4O2S/c25-19(22-8-5-18-21-9-13-27-18)16-2-1-10-24(14-16)17-6-11-23(12-7-17)20(26)15-3-4-15/h9,13,15-17H,1-8,10-12,14H2,(H,22,25)/t16-/m0/s1. The number of aromatic nitrogens is 1. The van der Waals surface area contributed by atoms with Gasteiger partial charge in [-0.3, -0.25) is 14.5 Å². The average molecular weight is 391 g/mol. The third-order valence-electron chi connectivity index (χ3n) is 6.16. The van der Waals surface area contributed by atoms with Gasteiger partial charge in [-0.2, -0.15) is 0 Å². The number of nitrogens with zero attached hydrogens (tertiary/aromatic N) is 3. The quantitative estimate of drug-likeness (QED) is 0.806. The van der Waals surface area contributed by atoms with Crippen LogP contribution in [-0.2, 0) is 16.0 Å². The zero-order valence-corrected chi connectivity index (χ0v) is 16.8. The van der Waals surface area contributed by atoms with Crippen molar-refractivity contribution in [3.63, 3.8) is 0 Å². The van der Waals surface area contributed by atoms with E-state index in [0.29, 0.717) is 24.4 Å². The van der Waals surface area contributed by atoms with Gasteiger partial charge in [-0.15, -0.1) is 11.3 Å². The zero-order chi connectivity index (χ0) is 18.6. The Labute approximate surface area is 165 Å². The van der Waals surface area contributed by atoms with Crippen molar-refractivity contribution in [3.8, 4) is 0 Å². The van der Waals surface area contributed by atoms with Crippen LogP contribution in [0.5, 0.6) is 0 Å². The van der Waals surface area contributed by atoms with Crippen molar-refractivity contribution in [1.82, 2.24) is 20.1 Å². The summed E-state index contributed by atoms with van der Waals surface area (Å²) in [6.07, 6.45) is 8.98. The summed E-state index contributed by atoms with van der Waals surface area (Å²) >= 11 is 1.64. The number of amides is 2. The summed E-state index contributed by atoms with van der Waals surface area (Å²) in [5, 5.41) is 6.15. The Hall–Kier alpha value is -1.47. The van der Waals surface area contributed by atoms with Crippen LogP contribution >= 0.6 is 11.3 Å². The molecule has 0 aromatic carbocycles. The van der Waals surface area contributed by atoms with Crippen molar-refractivity contribution >= 4 is 23.2 Å². The van der Waals surface area contributed by atoms with Crippen molar-refractivity contribution in [2.45, 2.75) is 51.0 Å². The van der Waals surface area contributed by atoms with Crippen molar-refractivity contribution in [3.05, 3.63) is 16.6 Å². The van der Waals surface area contributed by atoms with Crippen LogP contribution < -0.4 is 5.32 Å². The zero-order valence-electron chi connectivity index (χ0n) is 15.9. The van der Waals surface area contributed by atoms with Crippen LogP contribution in [0.1, 0.15) is 43.5 Å². The first-order chi connectivity index (χ1) is 13.2. The van der Waals surface area contributed by atoms with Gasteiger partial charge in [0.25, 0.3) is 0 Å². The molecule has 2 amide bonds. The highest BCUT2D eigenvalue weighted by molar-refractivity contribution is 7.09. The Bertz CT molecular complexity index is 638. The van der Waals surface area contributed by atoms with E-state index < -0.39 is 0 Å². The van der Waals surface area contributed by atoms with E-state index in [9.17, 15) is 9.59 Å². The average Bonchev–Trinajstić information content (AvgIpc) is 3.44. The van der Waals surface area contributed by atoms with Crippen LogP contribution in [0.3, 0.4) is 0 Å². The van der Waals surface area contributed by atoms with Gasteiger partial charge in [0.1, 0.15) is 0 Å². The molecule has 1 aliphatic carbocycles. The van der Waals surface area contributed by atoms with Crippen LogP contribution in [0.25, 0.3) is 0 Å². The highest BCUT2D eigenvalue weighted by Crippen LogP contribution is 2.32. The topological polar surface area (TPSA) is 65.5 Å². The predicted molar refractivity (Wildman–Crippen MR) is 105 cm³/mol. The first kappa shape index (κ1) is 18.9. The van der Waals surface area contributed by atoms with Gasteiger partial charge in [0, 0.05) is 56.1 Å². The van der Waals surface area contributed by atoms with Crippen molar-refractivity contribution in [2.75, 3.05) is 32.7 Å². The monoisotopic (exact) mass is 390 g/mol. The lowest BCUT2D eigenvalue weighted by molar-refractivity contribution is -0.134. The number of nitrogens with one attached hydrogen (secondary N) is 1. The Morgan fingerprint density at radius 3 is 2.63 bits per heavy atom. The predicted octanol–water partition coefficient (Wildman–Crippen LogP) is 1.91. The van der Waals surface area contributed by atoms with E-state index >= 15 is 0 Å². The van der Waals surface area contributed by atoms with Gasteiger partial charge in [0.05, 0.1) is 10.9 Å². The van der Waals surface area contributed by atoms with E-state index in [0.717, 1.165) is 76.1 Å². The third kappa shape index (κ3) is 4.88. The summed E-state index contributed by atoms with van der Waals surface area (Å²) in [4.78, 5) is 33.6. The number of carbonyl (C=O) groups is 2. The fraction of sp³-hybridized carbons (Fsp3) is 0.750. The SMILES string of the molecule is O=C(NCCc1nccs1)[C@H]1CCCN(C2CCN(C(=O)C3CC3)CC2)C1. The smallest absolute Gasteiger partial charge is 0.225 e. The lowest BCUT2D eigenvalue weighted by Crippen LogP contribution is -2.51. The molecule has 2 aliphatic heterocycles. The molecule has 0 unspecified atom stereocenters. The number of piperidine rings is 2. The minimum atomic E-state index is 0.0983. The van der Waals surface area contributed by atoms with Gasteiger partial charge in [-0.1, -0.05) is 0 Å². The first-order valence-electron chi connectivity index (χ1n) is 10.4. The van der Waals surface area contributed by atoms with Crippen LogP contribution in [0.15, 0.2) is 11.6 Å². The van der Waals surface area contributed by atoms with Crippen LogP contribution in [0.2, 0.25) is 0 Å². The number of hydrogen-bond acceptors (Lipinski definition) is 5. The Balaban J connectivity index is 1.20. The molecule has 1 aromatic rings. The largest absolute Gasteiger partial charge is 0.355 e. The van der Waals surface area contributed by atoms with Gasteiger partial charge in [0.2, 0.25) is 11.8 Å². The minimum absolute atomic E-state index is 0.0983. The Kier molecular flexibility index (Phi) is 6.08. The Morgan fingerprint density at radius 1 is 1.11 bits per heavy atom. The summed E-state index contributed by atoms with van der Waals surface area (Å²) < 4.78 is 0. The molecule has 1 N–H and O–H groups in total. The first-order valence-corrected chi connectivity index (χ1v) is 11.3. The second kappa shape index (κ2) is 8.69. The fourth-order valence-corrected chi connectivity index (χ4v) is 5.03.